The van der Waals surface area contributed by atoms with Gasteiger partial charge in [-0.3, -0.25) is 4.79 Å². The second-order valence-electron chi connectivity index (χ2n) is 9.06. The van der Waals surface area contributed by atoms with Crippen LogP contribution in [0, 0.1) is 5.92 Å². The zero-order valence-electron chi connectivity index (χ0n) is 20.5. The van der Waals surface area contributed by atoms with Crippen molar-refractivity contribution in [3.8, 4) is 17.2 Å². The number of benzene rings is 3. The van der Waals surface area contributed by atoms with Crippen LogP contribution in [0.2, 0.25) is 0 Å². The molecule has 5 rings (SSSR count). The lowest BCUT2D eigenvalue weighted by atomic mass is 9.69. The number of hydrogen-bond acceptors (Lipinski definition) is 8. The van der Waals surface area contributed by atoms with E-state index in [1.165, 1.54) is 14.2 Å². The third-order valence-electron chi connectivity index (χ3n) is 7.62. The SMILES string of the molecule is COC(=O)[C@H]1[C@@H](O)[C@@]2(O)c3c(cc(OC)cc3OC)N[C@@]2(c2ccc(OC)cc2)[C@@H]1c1ccccc1. The average Bonchev–Trinajstić information content (AvgIpc) is 3.30. The number of anilines is 1. The molecule has 3 aromatic rings. The Kier molecular flexibility index (Phi) is 5.81. The van der Waals surface area contributed by atoms with E-state index in [9.17, 15) is 15.0 Å². The van der Waals surface area contributed by atoms with E-state index in [0.717, 1.165) is 5.56 Å². The molecule has 1 fully saturated rings. The molecule has 1 heterocycles. The Labute approximate surface area is 209 Å². The van der Waals surface area contributed by atoms with Gasteiger partial charge in [-0.15, -0.1) is 0 Å². The summed E-state index contributed by atoms with van der Waals surface area (Å²) >= 11 is 0. The molecule has 0 bridgehead atoms. The average molecular weight is 492 g/mol. The van der Waals surface area contributed by atoms with E-state index in [1.54, 1.807) is 38.5 Å². The third-order valence-corrected chi connectivity index (χ3v) is 7.62. The quantitative estimate of drug-likeness (QED) is 0.452. The summed E-state index contributed by atoms with van der Waals surface area (Å²) < 4.78 is 21.7. The maximum absolute atomic E-state index is 13.2. The molecule has 5 atom stereocenters. The van der Waals surface area contributed by atoms with Gasteiger partial charge in [0, 0.05) is 23.7 Å². The van der Waals surface area contributed by atoms with Crippen LogP contribution < -0.4 is 19.5 Å². The molecule has 8 heteroatoms. The van der Waals surface area contributed by atoms with Crippen molar-refractivity contribution >= 4 is 11.7 Å². The lowest BCUT2D eigenvalue weighted by Crippen LogP contribution is -2.52. The van der Waals surface area contributed by atoms with Gasteiger partial charge in [-0.05, 0) is 23.3 Å². The largest absolute Gasteiger partial charge is 0.497 e. The van der Waals surface area contributed by atoms with E-state index in [2.05, 4.69) is 5.32 Å². The molecule has 3 N–H and O–H groups in total. The zero-order chi connectivity index (χ0) is 25.7. The molecular formula is C28H29NO7. The number of carbonyl (C=O) groups excluding carboxylic acids is 1. The summed E-state index contributed by atoms with van der Waals surface area (Å²) in [6, 6.07) is 20.0. The number of aliphatic hydroxyl groups excluding tert-OH is 1. The van der Waals surface area contributed by atoms with E-state index in [0.29, 0.717) is 34.1 Å². The molecule has 0 amide bonds. The molecule has 1 aliphatic heterocycles. The van der Waals surface area contributed by atoms with E-state index in [4.69, 9.17) is 18.9 Å². The van der Waals surface area contributed by atoms with Crippen molar-refractivity contribution in [3.05, 3.63) is 83.4 Å². The first kappa shape index (κ1) is 24.0. The van der Waals surface area contributed by atoms with Gasteiger partial charge in [0.05, 0.1) is 39.9 Å². The van der Waals surface area contributed by atoms with Gasteiger partial charge in [0.1, 0.15) is 34.5 Å². The van der Waals surface area contributed by atoms with Gasteiger partial charge in [0.2, 0.25) is 0 Å². The number of rotatable bonds is 6. The fourth-order valence-corrected chi connectivity index (χ4v) is 6.12. The Bertz CT molecular complexity index is 1280. The summed E-state index contributed by atoms with van der Waals surface area (Å²) in [4.78, 5) is 13.2. The molecule has 8 nitrogen and oxygen atoms in total. The second-order valence-corrected chi connectivity index (χ2v) is 9.06. The predicted octanol–water partition coefficient (Wildman–Crippen LogP) is 3.17. The molecule has 0 radical (unpaired) electrons. The maximum Gasteiger partial charge on any atom is 0.312 e. The van der Waals surface area contributed by atoms with Crippen LogP contribution in [0.3, 0.4) is 0 Å². The molecular weight excluding hydrogens is 462 g/mol. The van der Waals surface area contributed by atoms with Crippen LogP contribution in [-0.4, -0.2) is 50.7 Å². The molecule has 0 aromatic heterocycles. The Morgan fingerprint density at radius 1 is 0.889 bits per heavy atom. The first-order valence-corrected chi connectivity index (χ1v) is 11.6. The Morgan fingerprint density at radius 3 is 2.14 bits per heavy atom. The lowest BCUT2D eigenvalue weighted by Gasteiger charge is -2.42. The van der Waals surface area contributed by atoms with Crippen LogP contribution in [0.15, 0.2) is 66.7 Å². The third kappa shape index (κ3) is 3.04. The summed E-state index contributed by atoms with van der Waals surface area (Å²) in [7, 11) is 5.88. The molecule has 0 saturated heterocycles. The minimum absolute atomic E-state index is 0.325. The molecule has 0 spiro atoms. The van der Waals surface area contributed by atoms with Crippen LogP contribution in [0.5, 0.6) is 17.2 Å². The fraction of sp³-hybridized carbons (Fsp3) is 0.321. The highest BCUT2D eigenvalue weighted by Crippen LogP contribution is 2.69. The Hall–Kier alpha value is -3.75. The zero-order valence-corrected chi connectivity index (χ0v) is 20.5. The van der Waals surface area contributed by atoms with Crippen LogP contribution in [0.4, 0.5) is 5.69 Å². The van der Waals surface area contributed by atoms with E-state index in [-0.39, 0.29) is 0 Å². The van der Waals surface area contributed by atoms with E-state index < -0.39 is 35.0 Å². The molecule has 1 aliphatic carbocycles. The molecule has 1 saturated carbocycles. The highest BCUT2D eigenvalue weighted by atomic mass is 16.5. The van der Waals surface area contributed by atoms with Gasteiger partial charge in [0.25, 0.3) is 0 Å². The molecule has 36 heavy (non-hydrogen) atoms. The topological polar surface area (TPSA) is 106 Å². The number of fused-ring (bicyclic) bond motifs is 3. The van der Waals surface area contributed by atoms with E-state index >= 15 is 0 Å². The van der Waals surface area contributed by atoms with Gasteiger partial charge in [-0.1, -0.05) is 42.5 Å². The minimum Gasteiger partial charge on any atom is -0.497 e. The first-order valence-electron chi connectivity index (χ1n) is 11.6. The lowest BCUT2D eigenvalue weighted by molar-refractivity contribution is -0.154. The van der Waals surface area contributed by atoms with Crippen molar-refractivity contribution in [2.45, 2.75) is 23.2 Å². The number of ether oxygens (including phenoxy) is 4. The number of hydrogen-bond donors (Lipinski definition) is 3. The summed E-state index contributed by atoms with van der Waals surface area (Å²) in [6.07, 6.45) is -1.53. The maximum atomic E-state index is 13.2. The van der Waals surface area contributed by atoms with Crippen molar-refractivity contribution in [2.75, 3.05) is 33.8 Å². The van der Waals surface area contributed by atoms with Crippen molar-refractivity contribution < 1.29 is 34.0 Å². The molecule has 0 unspecified atom stereocenters. The molecule has 3 aromatic carbocycles. The monoisotopic (exact) mass is 491 g/mol. The van der Waals surface area contributed by atoms with Crippen molar-refractivity contribution in [1.29, 1.82) is 0 Å². The summed E-state index contributed by atoms with van der Waals surface area (Å²) in [5, 5.41) is 28.1. The van der Waals surface area contributed by atoms with Crippen LogP contribution in [0.25, 0.3) is 0 Å². The van der Waals surface area contributed by atoms with E-state index in [1.807, 2.05) is 42.5 Å². The van der Waals surface area contributed by atoms with Crippen molar-refractivity contribution in [3.63, 3.8) is 0 Å². The van der Waals surface area contributed by atoms with Crippen molar-refractivity contribution in [2.24, 2.45) is 5.92 Å². The minimum atomic E-state index is -1.98. The summed E-state index contributed by atoms with van der Waals surface area (Å²) in [5.41, 5.74) is -1.06. The standard InChI is InChI=1S/C28H29NO7/c1-33-18-12-10-17(11-13-18)27-23(16-8-6-5-7-9-16)22(26(31)36-4)25(30)28(27,32)24-20(29-27)14-19(34-2)15-21(24)35-3/h5-15,22-23,25,29-30,32H,1-4H3/t22-,23-,25-,27+,28+/m1/s1. The van der Waals surface area contributed by atoms with Gasteiger partial charge in [-0.25, -0.2) is 0 Å². The normalized spacial score (nSPS) is 28.0. The first-order chi connectivity index (χ1) is 17.4. The summed E-state index contributed by atoms with van der Waals surface area (Å²) in [6.45, 7) is 0. The molecule has 2 aliphatic rings. The smallest absolute Gasteiger partial charge is 0.312 e. The Morgan fingerprint density at radius 2 is 1.56 bits per heavy atom. The number of aliphatic hydroxyl groups is 2. The number of methoxy groups -OCH3 is 4. The van der Waals surface area contributed by atoms with Crippen LogP contribution in [-0.2, 0) is 20.7 Å². The highest BCUT2D eigenvalue weighted by molar-refractivity contribution is 5.82. The van der Waals surface area contributed by atoms with Gasteiger partial charge >= 0.3 is 5.97 Å². The highest BCUT2D eigenvalue weighted by Gasteiger charge is 2.76. The number of carbonyl (C=O) groups is 1. The molecule has 188 valence electrons. The van der Waals surface area contributed by atoms with Crippen LogP contribution in [0.1, 0.15) is 22.6 Å². The van der Waals surface area contributed by atoms with Gasteiger partial charge in [-0.2, -0.15) is 0 Å². The second kappa shape index (κ2) is 8.72. The van der Waals surface area contributed by atoms with Crippen LogP contribution >= 0.6 is 0 Å². The number of esters is 1. The number of nitrogens with one attached hydrogen (secondary N) is 1. The van der Waals surface area contributed by atoms with Gasteiger partial charge in [0.15, 0.2) is 0 Å². The van der Waals surface area contributed by atoms with Crippen molar-refractivity contribution in [1.82, 2.24) is 0 Å². The predicted molar refractivity (Wildman–Crippen MR) is 132 cm³/mol. The van der Waals surface area contributed by atoms with Gasteiger partial charge < -0.3 is 34.5 Å². The fourth-order valence-electron chi connectivity index (χ4n) is 6.12. The summed E-state index contributed by atoms with van der Waals surface area (Å²) in [5.74, 6) is -0.955. The Balaban J connectivity index is 1.88.